The van der Waals surface area contributed by atoms with E-state index in [0.717, 1.165) is 32.1 Å². The van der Waals surface area contributed by atoms with Gasteiger partial charge in [-0.3, -0.25) is 14.4 Å². The molecule has 4 rings (SSSR count). The molecule has 2 N–H and O–H groups in total. The van der Waals surface area contributed by atoms with Gasteiger partial charge in [-0.15, -0.1) is 0 Å². The molecule has 264 valence electrons. The third-order valence-electron chi connectivity index (χ3n) is 12.7. The minimum atomic E-state index is -2.04. The van der Waals surface area contributed by atoms with E-state index in [1.807, 2.05) is 13.8 Å². The quantitative estimate of drug-likeness (QED) is 0.0872. The monoisotopic (exact) mass is 656 g/mol. The van der Waals surface area contributed by atoms with Crippen LogP contribution in [0.25, 0.3) is 0 Å². The first-order valence-electron chi connectivity index (χ1n) is 18.7. The van der Waals surface area contributed by atoms with E-state index in [2.05, 4.69) is 19.1 Å². The Morgan fingerprint density at radius 2 is 1.60 bits per heavy atom. The highest BCUT2D eigenvalue weighted by Gasteiger charge is 2.77. The fourth-order valence-corrected chi connectivity index (χ4v) is 10.1. The molecule has 0 amide bonds. The molecule has 0 spiro atoms. The Balaban J connectivity index is 1.32. The predicted molar refractivity (Wildman–Crippen MR) is 183 cm³/mol. The summed E-state index contributed by atoms with van der Waals surface area (Å²) in [6, 6.07) is 0. The summed E-state index contributed by atoms with van der Waals surface area (Å²) in [6.45, 7) is 6.92. The summed E-state index contributed by atoms with van der Waals surface area (Å²) in [7, 11) is 0. The molecule has 0 aliphatic heterocycles. The Kier molecular flexibility index (Phi) is 12.9. The topological polar surface area (TPSA) is 101 Å². The zero-order valence-corrected chi connectivity index (χ0v) is 29.5. The van der Waals surface area contributed by atoms with Crippen LogP contribution in [0.1, 0.15) is 143 Å². The predicted octanol–water partition coefficient (Wildman–Crippen LogP) is 8.48. The van der Waals surface area contributed by atoms with Gasteiger partial charge in [0, 0.05) is 29.1 Å². The van der Waals surface area contributed by atoms with E-state index in [4.69, 9.17) is 4.74 Å². The van der Waals surface area contributed by atoms with E-state index < -0.39 is 58.4 Å². The van der Waals surface area contributed by atoms with Crippen molar-refractivity contribution in [3.8, 4) is 0 Å². The molecule has 0 saturated heterocycles. The molecule has 3 fully saturated rings. The van der Waals surface area contributed by atoms with Crippen molar-refractivity contribution in [1.82, 2.24) is 0 Å². The van der Waals surface area contributed by atoms with Crippen LogP contribution in [0.4, 0.5) is 4.39 Å². The number of hydrogen-bond acceptors (Lipinski definition) is 6. The van der Waals surface area contributed by atoms with Crippen LogP contribution < -0.4 is 0 Å². The molecule has 3 saturated carbocycles. The number of aliphatic hydroxyl groups excluding tert-OH is 2. The van der Waals surface area contributed by atoms with Crippen LogP contribution >= 0.6 is 0 Å². The standard InChI is InChI=1S/C40H61FO6/c1-5-6-7-8-9-10-11-12-13-14-15-16-17-18-19-20-36(46)47-40(35(45)28-42)29(2)25-33-32-22-21-30-26-31(43)23-24-37(30,3)39(32,41)34(44)27-38(33,40)4/h12-13,23-24,26,29,32-34,42,44H,5-11,14-22,25,27-28H2,1-4H3/b13-12+/t29-,32-,33-,34-,37-,38-,39-,40-/m0/s1. The number of aliphatic hydroxyl groups is 2. The van der Waals surface area contributed by atoms with Gasteiger partial charge in [-0.1, -0.05) is 95.9 Å². The van der Waals surface area contributed by atoms with Crippen molar-refractivity contribution in [2.45, 2.75) is 161 Å². The zero-order chi connectivity index (χ0) is 34.3. The van der Waals surface area contributed by atoms with Crippen molar-refractivity contribution < 1.29 is 33.7 Å². The summed E-state index contributed by atoms with van der Waals surface area (Å²) in [5.41, 5.74) is -5.16. The average Bonchev–Trinajstić information content (AvgIpc) is 3.25. The molecule has 0 aromatic rings. The highest BCUT2D eigenvalue weighted by atomic mass is 19.1. The number of carbonyl (C=O) groups is 3. The van der Waals surface area contributed by atoms with E-state index in [9.17, 15) is 24.6 Å². The van der Waals surface area contributed by atoms with Crippen molar-refractivity contribution >= 4 is 17.5 Å². The maximum Gasteiger partial charge on any atom is 0.306 e. The normalized spacial score (nSPS) is 36.1. The second-order valence-electron chi connectivity index (χ2n) is 15.5. The van der Waals surface area contributed by atoms with Crippen LogP contribution in [0.15, 0.2) is 36.0 Å². The van der Waals surface area contributed by atoms with Crippen molar-refractivity contribution in [2.75, 3.05) is 6.61 Å². The van der Waals surface area contributed by atoms with Crippen LogP contribution in [-0.2, 0) is 19.1 Å². The molecule has 0 aromatic carbocycles. The number of ether oxygens (including phenoxy) is 1. The number of rotatable bonds is 18. The minimum Gasteiger partial charge on any atom is -0.450 e. The molecule has 0 heterocycles. The van der Waals surface area contributed by atoms with Crippen LogP contribution in [-0.4, -0.2) is 51.7 Å². The van der Waals surface area contributed by atoms with Crippen LogP contribution in [0.3, 0.4) is 0 Å². The lowest BCUT2D eigenvalue weighted by Gasteiger charge is -2.62. The molecule has 0 aromatic heterocycles. The molecule has 6 nitrogen and oxygen atoms in total. The lowest BCUT2D eigenvalue weighted by Crippen LogP contribution is -2.70. The van der Waals surface area contributed by atoms with Gasteiger partial charge in [0.15, 0.2) is 17.1 Å². The smallest absolute Gasteiger partial charge is 0.306 e. The molecule has 47 heavy (non-hydrogen) atoms. The number of halogens is 1. The first-order chi connectivity index (χ1) is 22.4. The average molecular weight is 657 g/mol. The van der Waals surface area contributed by atoms with E-state index >= 15 is 4.39 Å². The molecular weight excluding hydrogens is 595 g/mol. The Labute approximate surface area is 282 Å². The zero-order valence-electron chi connectivity index (χ0n) is 29.5. The molecule has 0 bridgehead atoms. The van der Waals surface area contributed by atoms with Gasteiger partial charge >= 0.3 is 5.97 Å². The number of esters is 1. The maximum absolute atomic E-state index is 17.5. The summed E-state index contributed by atoms with van der Waals surface area (Å²) in [5, 5.41) is 21.8. The molecular formula is C40H61FO6. The van der Waals surface area contributed by atoms with Crippen molar-refractivity contribution in [3.05, 3.63) is 36.0 Å². The van der Waals surface area contributed by atoms with Crippen molar-refractivity contribution in [2.24, 2.45) is 28.6 Å². The molecule has 0 unspecified atom stereocenters. The number of ketones is 2. The van der Waals surface area contributed by atoms with E-state index in [-0.39, 0.29) is 24.5 Å². The van der Waals surface area contributed by atoms with Gasteiger partial charge in [0.2, 0.25) is 5.78 Å². The minimum absolute atomic E-state index is 0.0773. The summed E-state index contributed by atoms with van der Waals surface area (Å²) in [6.07, 6.45) is 24.1. The van der Waals surface area contributed by atoms with Crippen LogP contribution in [0.5, 0.6) is 0 Å². The Hall–Kier alpha value is -2.12. The summed E-state index contributed by atoms with van der Waals surface area (Å²) >= 11 is 0. The summed E-state index contributed by atoms with van der Waals surface area (Å²) in [5.74, 6) is -2.61. The maximum atomic E-state index is 17.5. The third-order valence-corrected chi connectivity index (χ3v) is 12.7. The molecule has 8 atom stereocenters. The number of allylic oxidation sites excluding steroid dienone is 6. The van der Waals surface area contributed by atoms with Gasteiger partial charge in [0.05, 0.1) is 6.10 Å². The van der Waals surface area contributed by atoms with Crippen molar-refractivity contribution in [3.63, 3.8) is 0 Å². The largest absolute Gasteiger partial charge is 0.450 e. The lowest BCUT2D eigenvalue weighted by atomic mass is 9.44. The highest BCUT2D eigenvalue weighted by molar-refractivity contribution is 6.01. The molecule has 4 aliphatic rings. The van der Waals surface area contributed by atoms with Gasteiger partial charge in [-0.2, -0.15) is 0 Å². The third kappa shape index (κ3) is 7.13. The van der Waals surface area contributed by atoms with Crippen LogP contribution in [0, 0.1) is 28.6 Å². The van der Waals surface area contributed by atoms with Gasteiger partial charge in [-0.25, -0.2) is 4.39 Å². The molecule has 4 aliphatic carbocycles. The number of alkyl halides is 1. The van der Waals surface area contributed by atoms with Gasteiger partial charge < -0.3 is 14.9 Å². The fraction of sp³-hybridized carbons (Fsp3) is 0.775. The second-order valence-corrected chi connectivity index (χ2v) is 15.5. The first-order valence-corrected chi connectivity index (χ1v) is 18.7. The molecule has 0 radical (unpaired) electrons. The fourth-order valence-electron chi connectivity index (χ4n) is 10.1. The van der Waals surface area contributed by atoms with E-state index in [1.54, 1.807) is 13.0 Å². The number of fused-ring (bicyclic) bond motifs is 5. The Morgan fingerprint density at radius 3 is 2.23 bits per heavy atom. The van der Waals surface area contributed by atoms with Gasteiger partial charge in [0.25, 0.3) is 0 Å². The van der Waals surface area contributed by atoms with E-state index in [0.29, 0.717) is 31.3 Å². The number of hydrogen-bond donors (Lipinski definition) is 2. The first kappa shape index (κ1) is 37.7. The SMILES string of the molecule is CCCCCCCC/C=C/CCCCCCCC(=O)O[C@]1(C(=O)CO)[C@@H](C)C[C@H]2[C@@H]3CCC4=CC(=O)C=C[C@]4(C)[C@@]3(F)[C@@H](O)C[C@@]21C. The number of unbranched alkanes of at least 4 members (excludes halogenated alkanes) is 11. The lowest BCUT2D eigenvalue weighted by molar-refractivity contribution is -0.228. The molecule has 7 heteroatoms. The number of carbonyl (C=O) groups excluding carboxylic acids is 3. The van der Waals surface area contributed by atoms with Crippen molar-refractivity contribution in [1.29, 1.82) is 0 Å². The Morgan fingerprint density at radius 1 is 0.979 bits per heavy atom. The second kappa shape index (κ2) is 16.1. The van der Waals surface area contributed by atoms with Gasteiger partial charge in [0.1, 0.15) is 6.61 Å². The summed E-state index contributed by atoms with van der Waals surface area (Å²) < 4.78 is 23.7. The number of Topliss-reactive ketones (excluding diaryl/α,β-unsaturated/α-hetero) is 1. The van der Waals surface area contributed by atoms with E-state index in [1.165, 1.54) is 57.1 Å². The Bertz CT molecular complexity index is 1210. The van der Waals surface area contributed by atoms with Crippen LogP contribution in [0.2, 0.25) is 0 Å². The summed E-state index contributed by atoms with van der Waals surface area (Å²) in [4.78, 5) is 39.2. The van der Waals surface area contributed by atoms with Gasteiger partial charge in [-0.05, 0) is 82.8 Å². The highest BCUT2D eigenvalue weighted by Crippen LogP contribution is 2.71.